The summed E-state index contributed by atoms with van der Waals surface area (Å²) < 4.78 is 6.17. The molecule has 0 saturated heterocycles. The van der Waals surface area contributed by atoms with Crippen LogP contribution in [0.4, 0.5) is 17.1 Å². The van der Waals surface area contributed by atoms with Gasteiger partial charge in [-0.25, -0.2) is 15.0 Å². The minimum Gasteiger partial charge on any atom is -0.453 e. The highest BCUT2D eigenvalue weighted by Crippen LogP contribution is 2.50. The van der Waals surface area contributed by atoms with E-state index in [-0.39, 0.29) is 0 Å². The molecule has 2 heterocycles. The van der Waals surface area contributed by atoms with Crippen LogP contribution in [0.25, 0.3) is 28.3 Å². The second-order valence-electron chi connectivity index (χ2n) is 9.23. The fraction of sp³-hybridized carbons (Fsp3) is 0.0606. The predicted molar refractivity (Wildman–Crippen MR) is 152 cm³/mol. The third-order valence-corrected chi connectivity index (χ3v) is 6.74. The van der Waals surface area contributed by atoms with Gasteiger partial charge >= 0.3 is 0 Å². The Morgan fingerprint density at radius 2 is 1.13 bits per heavy atom. The largest absolute Gasteiger partial charge is 0.453 e. The van der Waals surface area contributed by atoms with E-state index in [2.05, 4.69) is 59.5 Å². The van der Waals surface area contributed by atoms with Crippen LogP contribution < -0.4 is 9.64 Å². The van der Waals surface area contributed by atoms with Crippen LogP contribution in [-0.2, 0) is 0 Å². The van der Waals surface area contributed by atoms with Crippen molar-refractivity contribution in [1.82, 2.24) is 15.0 Å². The zero-order valence-electron chi connectivity index (χ0n) is 20.7. The predicted octanol–water partition coefficient (Wildman–Crippen LogP) is 8.51. The average molecular weight is 493 g/mol. The van der Waals surface area contributed by atoms with Gasteiger partial charge in [-0.1, -0.05) is 72.8 Å². The molecule has 0 unspecified atom stereocenters. The normalized spacial score (nSPS) is 13.8. The van der Waals surface area contributed by atoms with Crippen molar-refractivity contribution in [2.75, 3.05) is 4.90 Å². The number of aromatic nitrogens is 3. The van der Waals surface area contributed by atoms with Crippen molar-refractivity contribution in [2.24, 2.45) is 0 Å². The van der Waals surface area contributed by atoms with Gasteiger partial charge in [0.25, 0.3) is 0 Å². The summed E-state index contributed by atoms with van der Waals surface area (Å²) in [7, 11) is 0. The van der Waals surface area contributed by atoms with Crippen LogP contribution in [0.5, 0.6) is 11.5 Å². The fourth-order valence-corrected chi connectivity index (χ4v) is 4.87. The van der Waals surface area contributed by atoms with Crippen molar-refractivity contribution in [3.8, 4) is 34.3 Å². The molecular weight excluding hydrogens is 468 g/mol. The summed E-state index contributed by atoms with van der Waals surface area (Å²) in [5, 5.41) is 0. The summed E-state index contributed by atoms with van der Waals surface area (Å²) in [6.07, 6.45) is 8.51. The lowest BCUT2D eigenvalue weighted by Crippen LogP contribution is -2.15. The van der Waals surface area contributed by atoms with E-state index in [0.29, 0.717) is 17.5 Å². The Hall–Kier alpha value is -5.03. The first kappa shape index (κ1) is 22.2. The maximum Gasteiger partial charge on any atom is 0.164 e. The third-order valence-electron chi connectivity index (χ3n) is 6.74. The van der Waals surface area contributed by atoms with Crippen LogP contribution >= 0.6 is 0 Å². The maximum absolute atomic E-state index is 6.17. The third kappa shape index (κ3) is 4.04. The molecule has 0 spiro atoms. The Balaban J connectivity index is 1.31. The van der Waals surface area contributed by atoms with Crippen LogP contribution in [0.1, 0.15) is 18.7 Å². The molecule has 0 N–H and O–H groups in total. The molecule has 5 heteroatoms. The quantitative estimate of drug-likeness (QED) is 0.247. The van der Waals surface area contributed by atoms with E-state index in [4.69, 9.17) is 19.7 Å². The molecule has 2 aliphatic rings. The first-order chi connectivity index (χ1) is 18.8. The number of ether oxygens (including phenoxy) is 1. The van der Waals surface area contributed by atoms with E-state index in [0.717, 1.165) is 58.1 Å². The molecule has 5 nitrogen and oxygen atoms in total. The molecule has 1 aliphatic heterocycles. The van der Waals surface area contributed by atoms with E-state index in [1.54, 1.807) is 0 Å². The van der Waals surface area contributed by atoms with Crippen molar-refractivity contribution in [3.63, 3.8) is 0 Å². The minimum atomic E-state index is 0.656. The standard InChI is InChI=1S/C33H24N4O/c1-3-11-23(12-4-1)31-34-32(24-13-5-2-6-14-24)36-33(35-31)25-19-21-26(22-20-25)37-27-15-7-9-17-29(27)38-30-18-10-8-16-28(30)37/h1,3-5,7-22H,2,6H2. The number of hydrogen-bond donors (Lipinski definition) is 0. The summed E-state index contributed by atoms with van der Waals surface area (Å²) in [6, 6.07) is 34.7. The molecule has 0 bridgehead atoms. The van der Waals surface area contributed by atoms with Crippen LogP contribution in [0, 0.1) is 0 Å². The van der Waals surface area contributed by atoms with E-state index < -0.39 is 0 Å². The van der Waals surface area contributed by atoms with Crippen molar-refractivity contribution in [3.05, 3.63) is 127 Å². The molecular formula is C33H24N4O. The molecule has 0 atom stereocenters. The molecule has 182 valence electrons. The lowest BCUT2D eigenvalue weighted by molar-refractivity contribution is 0.477. The topological polar surface area (TPSA) is 51.1 Å². The van der Waals surface area contributed by atoms with Crippen LogP contribution in [0.3, 0.4) is 0 Å². The first-order valence-electron chi connectivity index (χ1n) is 12.8. The van der Waals surface area contributed by atoms with Gasteiger partial charge in [0.2, 0.25) is 0 Å². The molecule has 5 aromatic rings. The SMILES string of the molecule is C1=CC(c2nc(-c3ccccc3)nc(-c3ccc(N4c5ccccc5Oc5ccccc54)cc3)n2)=CCC1. The van der Waals surface area contributed by atoms with Gasteiger partial charge in [-0.2, -0.15) is 0 Å². The lowest BCUT2D eigenvalue weighted by atomic mass is 10.1. The molecule has 0 saturated carbocycles. The summed E-state index contributed by atoms with van der Waals surface area (Å²) in [5.41, 5.74) is 5.98. The van der Waals surface area contributed by atoms with Crippen molar-refractivity contribution in [2.45, 2.75) is 12.8 Å². The number of para-hydroxylation sites is 4. The van der Waals surface area contributed by atoms with Crippen LogP contribution in [0.2, 0.25) is 0 Å². The summed E-state index contributed by atoms with van der Waals surface area (Å²) >= 11 is 0. The number of fused-ring (bicyclic) bond motifs is 2. The molecule has 0 radical (unpaired) electrons. The molecule has 4 aromatic carbocycles. The smallest absolute Gasteiger partial charge is 0.164 e. The first-order valence-corrected chi connectivity index (χ1v) is 12.8. The van der Waals surface area contributed by atoms with Crippen LogP contribution in [0.15, 0.2) is 121 Å². The Morgan fingerprint density at radius 1 is 0.553 bits per heavy atom. The highest BCUT2D eigenvalue weighted by molar-refractivity contribution is 5.86. The zero-order valence-corrected chi connectivity index (χ0v) is 20.7. The fourth-order valence-electron chi connectivity index (χ4n) is 4.87. The number of nitrogens with zero attached hydrogens (tertiary/aromatic N) is 4. The number of anilines is 3. The van der Waals surface area contributed by atoms with Crippen molar-refractivity contribution in [1.29, 1.82) is 0 Å². The second kappa shape index (κ2) is 9.45. The van der Waals surface area contributed by atoms with E-state index in [1.165, 1.54) is 0 Å². The van der Waals surface area contributed by atoms with Gasteiger partial charge in [0.15, 0.2) is 29.0 Å². The van der Waals surface area contributed by atoms with Gasteiger partial charge in [0.1, 0.15) is 0 Å². The van der Waals surface area contributed by atoms with E-state index in [9.17, 15) is 0 Å². The van der Waals surface area contributed by atoms with E-state index in [1.807, 2.05) is 66.7 Å². The Labute approximate surface area is 221 Å². The number of allylic oxidation sites excluding steroid dienone is 4. The minimum absolute atomic E-state index is 0.656. The van der Waals surface area contributed by atoms with Crippen LogP contribution in [-0.4, -0.2) is 15.0 Å². The maximum atomic E-state index is 6.17. The van der Waals surface area contributed by atoms with Crippen molar-refractivity contribution >= 4 is 22.6 Å². The zero-order chi connectivity index (χ0) is 25.3. The van der Waals surface area contributed by atoms with Gasteiger partial charge in [-0.05, 0) is 61.4 Å². The van der Waals surface area contributed by atoms with Gasteiger partial charge < -0.3 is 9.64 Å². The summed E-state index contributed by atoms with van der Waals surface area (Å²) in [4.78, 5) is 16.8. The van der Waals surface area contributed by atoms with Crippen molar-refractivity contribution < 1.29 is 4.74 Å². The molecule has 1 aliphatic carbocycles. The van der Waals surface area contributed by atoms with Gasteiger partial charge in [-0.3, -0.25) is 0 Å². The Morgan fingerprint density at radius 3 is 1.76 bits per heavy atom. The number of rotatable bonds is 4. The highest BCUT2D eigenvalue weighted by Gasteiger charge is 2.25. The second-order valence-corrected chi connectivity index (χ2v) is 9.23. The number of hydrogen-bond acceptors (Lipinski definition) is 5. The van der Waals surface area contributed by atoms with E-state index >= 15 is 0 Å². The van der Waals surface area contributed by atoms with Gasteiger partial charge in [0.05, 0.1) is 11.4 Å². The lowest BCUT2D eigenvalue weighted by Gasteiger charge is -2.32. The molecule has 7 rings (SSSR count). The van der Waals surface area contributed by atoms with Gasteiger partial charge in [-0.15, -0.1) is 0 Å². The molecule has 1 aromatic heterocycles. The van der Waals surface area contributed by atoms with Gasteiger partial charge in [0, 0.05) is 22.4 Å². The molecule has 0 fully saturated rings. The Bertz CT molecular complexity index is 1650. The molecule has 0 amide bonds. The highest BCUT2D eigenvalue weighted by atomic mass is 16.5. The molecule has 38 heavy (non-hydrogen) atoms. The summed E-state index contributed by atoms with van der Waals surface area (Å²) in [5.74, 6) is 3.69. The Kier molecular flexibility index (Phi) is 5.52. The summed E-state index contributed by atoms with van der Waals surface area (Å²) in [6.45, 7) is 0. The number of benzene rings is 4. The monoisotopic (exact) mass is 492 g/mol. The average Bonchev–Trinajstić information content (AvgIpc) is 3.00.